The van der Waals surface area contributed by atoms with Crippen molar-refractivity contribution in [2.24, 2.45) is 0 Å². The van der Waals surface area contributed by atoms with Gasteiger partial charge < -0.3 is 4.74 Å². The summed E-state index contributed by atoms with van der Waals surface area (Å²) in [5.41, 5.74) is 5.25. The van der Waals surface area contributed by atoms with Crippen LogP contribution in [0.4, 0.5) is 0 Å². The van der Waals surface area contributed by atoms with Gasteiger partial charge in [-0.25, -0.2) is 0 Å². The molecule has 0 saturated carbocycles. The molecule has 1 heterocycles. The van der Waals surface area contributed by atoms with Crippen molar-refractivity contribution in [2.75, 3.05) is 6.61 Å². The van der Waals surface area contributed by atoms with Crippen LogP contribution in [0.3, 0.4) is 0 Å². The number of rotatable bonds is 0. The largest absolute Gasteiger partial charge is 0.493 e. The molecule has 0 radical (unpaired) electrons. The van der Waals surface area contributed by atoms with Crippen LogP contribution in [-0.2, 0) is 6.42 Å². The minimum atomic E-state index is 0.771. The van der Waals surface area contributed by atoms with Crippen molar-refractivity contribution in [1.29, 1.82) is 0 Å². The molecule has 1 heteroatoms. The molecule has 0 spiro atoms. The van der Waals surface area contributed by atoms with E-state index in [0.29, 0.717) is 0 Å². The van der Waals surface area contributed by atoms with Crippen molar-refractivity contribution in [2.45, 2.75) is 13.3 Å². The van der Waals surface area contributed by atoms with E-state index < -0.39 is 0 Å². The van der Waals surface area contributed by atoms with Gasteiger partial charge in [0.1, 0.15) is 5.75 Å². The minimum Gasteiger partial charge on any atom is -0.493 e. The van der Waals surface area contributed by atoms with Gasteiger partial charge in [-0.1, -0.05) is 42.0 Å². The second kappa shape index (κ2) is 3.67. The van der Waals surface area contributed by atoms with Crippen LogP contribution in [0.1, 0.15) is 11.1 Å². The normalized spacial score (nSPS) is 13.3. The topological polar surface area (TPSA) is 9.23 Å². The van der Waals surface area contributed by atoms with Gasteiger partial charge in [-0.15, -0.1) is 0 Å². The molecule has 0 N–H and O–H groups in total. The van der Waals surface area contributed by atoms with Crippen molar-refractivity contribution in [3.05, 3.63) is 53.6 Å². The summed E-state index contributed by atoms with van der Waals surface area (Å²) in [6.07, 6.45) is 0.992. The van der Waals surface area contributed by atoms with Crippen LogP contribution < -0.4 is 4.74 Å². The highest BCUT2D eigenvalue weighted by atomic mass is 16.5. The lowest BCUT2D eigenvalue weighted by molar-refractivity contribution is 0.326. The van der Waals surface area contributed by atoms with Gasteiger partial charge in [-0.2, -0.15) is 0 Å². The fourth-order valence-corrected chi connectivity index (χ4v) is 2.28. The maximum atomic E-state index is 5.77. The van der Waals surface area contributed by atoms with E-state index in [4.69, 9.17) is 4.74 Å². The predicted octanol–water partition coefficient (Wildman–Crippen LogP) is 3.60. The average Bonchev–Trinajstić information content (AvgIpc) is 2.47. The van der Waals surface area contributed by atoms with Crippen LogP contribution >= 0.6 is 0 Å². The summed E-state index contributed by atoms with van der Waals surface area (Å²) in [5, 5.41) is 0. The summed E-state index contributed by atoms with van der Waals surface area (Å²) in [6, 6.07) is 14.9. The first kappa shape index (κ1) is 9.46. The summed E-state index contributed by atoms with van der Waals surface area (Å²) >= 11 is 0. The van der Waals surface area contributed by atoms with Crippen LogP contribution in [0.2, 0.25) is 0 Å². The number of fused-ring (bicyclic) bond motifs is 3. The number of hydrogen-bond acceptors (Lipinski definition) is 1. The Balaban J connectivity index is 2.25. The van der Waals surface area contributed by atoms with Gasteiger partial charge in [0.25, 0.3) is 0 Å². The lowest BCUT2D eigenvalue weighted by Gasteiger charge is -2.08. The zero-order valence-electron chi connectivity index (χ0n) is 9.36. The lowest BCUT2D eigenvalue weighted by Crippen LogP contribution is -1.98. The smallest absolute Gasteiger partial charge is 0.127 e. The number of aryl methyl sites for hydroxylation is 1. The van der Waals surface area contributed by atoms with Crippen LogP contribution in [-0.4, -0.2) is 6.61 Å². The molecule has 2 aromatic carbocycles. The molecule has 16 heavy (non-hydrogen) atoms. The van der Waals surface area contributed by atoms with Crippen molar-refractivity contribution in [1.82, 2.24) is 0 Å². The van der Waals surface area contributed by atoms with Gasteiger partial charge in [0.2, 0.25) is 0 Å². The molecule has 1 aliphatic rings. The molecule has 1 nitrogen and oxygen atoms in total. The van der Waals surface area contributed by atoms with E-state index in [2.05, 4.69) is 37.3 Å². The first-order valence-corrected chi connectivity index (χ1v) is 5.66. The van der Waals surface area contributed by atoms with Gasteiger partial charge >= 0.3 is 0 Å². The molecular weight excluding hydrogens is 196 g/mol. The Morgan fingerprint density at radius 2 is 1.88 bits per heavy atom. The van der Waals surface area contributed by atoms with Crippen molar-refractivity contribution < 1.29 is 4.74 Å². The molecule has 0 aliphatic carbocycles. The van der Waals surface area contributed by atoms with E-state index in [1.54, 1.807) is 0 Å². The molecule has 0 saturated heterocycles. The predicted molar refractivity (Wildman–Crippen MR) is 65.8 cm³/mol. The molecule has 3 rings (SSSR count). The molecule has 0 aromatic heterocycles. The zero-order chi connectivity index (χ0) is 11.0. The van der Waals surface area contributed by atoms with E-state index in [-0.39, 0.29) is 0 Å². The van der Waals surface area contributed by atoms with Gasteiger partial charge in [-0.05, 0) is 24.1 Å². The Kier molecular flexibility index (Phi) is 2.17. The Morgan fingerprint density at radius 1 is 1.00 bits per heavy atom. The fraction of sp³-hybridized carbons (Fsp3) is 0.200. The van der Waals surface area contributed by atoms with Crippen molar-refractivity contribution >= 4 is 0 Å². The highest BCUT2D eigenvalue weighted by Gasteiger charge is 2.14. The number of ether oxygens (including phenoxy) is 1. The van der Waals surface area contributed by atoms with Gasteiger partial charge in [0.15, 0.2) is 0 Å². The summed E-state index contributed by atoms with van der Waals surface area (Å²) in [6.45, 7) is 2.91. The molecule has 0 unspecified atom stereocenters. The minimum absolute atomic E-state index is 0.771. The summed E-state index contributed by atoms with van der Waals surface area (Å²) in [7, 11) is 0. The van der Waals surface area contributed by atoms with Crippen LogP contribution in [0, 0.1) is 6.92 Å². The van der Waals surface area contributed by atoms with Crippen molar-refractivity contribution in [3.8, 4) is 16.9 Å². The first-order valence-electron chi connectivity index (χ1n) is 5.66. The van der Waals surface area contributed by atoms with Gasteiger partial charge in [0, 0.05) is 12.0 Å². The summed E-state index contributed by atoms with van der Waals surface area (Å²) in [4.78, 5) is 0. The van der Waals surface area contributed by atoms with Gasteiger partial charge in [-0.3, -0.25) is 0 Å². The second-order valence-electron chi connectivity index (χ2n) is 4.26. The van der Waals surface area contributed by atoms with Crippen molar-refractivity contribution in [3.63, 3.8) is 0 Å². The molecule has 0 bridgehead atoms. The average molecular weight is 210 g/mol. The summed E-state index contributed by atoms with van der Waals surface area (Å²) in [5.74, 6) is 1.00. The molecule has 0 fully saturated rings. The molecule has 2 aromatic rings. The number of hydrogen-bond donors (Lipinski definition) is 0. The Labute approximate surface area is 95.7 Å². The third-order valence-corrected chi connectivity index (χ3v) is 3.07. The molecular formula is C15H14O. The zero-order valence-corrected chi connectivity index (χ0v) is 9.36. The molecule has 80 valence electrons. The standard InChI is InChI=1S/C15H14O/c1-11-6-7-13-12(10-11)8-9-16-15-5-3-2-4-14(13)15/h2-7,10H,8-9H2,1H3. The third kappa shape index (κ3) is 1.49. The van der Waals surface area contributed by atoms with Crippen LogP contribution in [0.15, 0.2) is 42.5 Å². The fourth-order valence-electron chi connectivity index (χ4n) is 2.28. The summed E-state index contributed by atoms with van der Waals surface area (Å²) < 4.78 is 5.77. The maximum absolute atomic E-state index is 5.77. The molecule has 0 amide bonds. The van der Waals surface area contributed by atoms with E-state index in [9.17, 15) is 0 Å². The van der Waals surface area contributed by atoms with Crippen LogP contribution in [0.25, 0.3) is 11.1 Å². The van der Waals surface area contributed by atoms with Crippen LogP contribution in [0.5, 0.6) is 5.75 Å². The highest BCUT2D eigenvalue weighted by molar-refractivity contribution is 5.74. The number of para-hydroxylation sites is 1. The number of benzene rings is 2. The maximum Gasteiger partial charge on any atom is 0.127 e. The van der Waals surface area contributed by atoms with E-state index in [0.717, 1.165) is 18.8 Å². The molecule has 0 atom stereocenters. The van der Waals surface area contributed by atoms with E-state index in [1.165, 1.54) is 22.3 Å². The van der Waals surface area contributed by atoms with Gasteiger partial charge in [0.05, 0.1) is 6.61 Å². The lowest BCUT2D eigenvalue weighted by atomic mass is 9.96. The second-order valence-corrected chi connectivity index (χ2v) is 4.26. The Morgan fingerprint density at radius 3 is 2.81 bits per heavy atom. The monoisotopic (exact) mass is 210 g/mol. The first-order chi connectivity index (χ1) is 7.84. The Bertz CT molecular complexity index is 529. The third-order valence-electron chi connectivity index (χ3n) is 3.07. The van der Waals surface area contributed by atoms with E-state index in [1.807, 2.05) is 12.1 Å². The highest BCUT2D eigenvalue weighted by Crippen LogP contribution is 2.35. The molecule has 1 aliphatic heterocycles. The Hall–Kier alpha value is -1.76. The SMILES string of the molecule is Cc1ccc2c(c1)CCOc1ccccc1-2. The van der Waals surface area contributed by atoms with E-state index >= 15 is 0 Å². The quantitative estimate of drug-likeness (QED) is 0.645.